The van der Waals surface area contributed by atoms with Gasteiger partial charge in [-0.3, -0.25) is 0 Å². The molecule has 0 aliphatic heterocycles. The van der Waals surface area contributed by atoms with Crippen LogP contribution in [0, 0.1) is 0 Å². The lowest BCUT2D eigenvalue weighted by atomic mass is 9.96. The van der Waals surface area contributed by atoms with E-state index in [9.17, 15) is 9.90 Å². The van der Waals surface area contributed by atoms with E-state index >= 15 is 0 Å². The number of alkyl halides is 1. The zero-order valence-corrected chi connectivity index (χ0v) is 12.9. The Kier molecular flexibility index (Phi) is 5.41. The van der Waals surface area contributed by atoms with Crippen molar-refractivity contribution in [1.29, 1.82) is 0 Å². The monoisotopic (exact) mass is 320 g/mol. The van der Waals surface area contributed by atoms with Crippen molar-refractivity contribution < 1.29 is 19.4 Å². The first kappa shape index (κ1) is 16.3. The summed E-state index contributed by atoms with van der Waals surface area (Å²) in [5.41, 5.74) is -1.30. The molecule has 0 saturated carbocycles. The van der Waals surface area contributed by atoms with Gasteiger partial charge in [-0.15, -0.1) is 11.6 Å². The Hall–Kier alpha value is -2.04. The summed E-state index contributed by atoms with van der Waals surface area (Å²) < 4.78 is 10.5. The topological polar surface area (TPSA) is 55.8 Å². The lowest BCUT2D eigenvalue weighted by Gasteiger charge is -2.21. The molecule has 2 aromatic carbocycles. The molecule has 22 heavy (non-hydrogen) atoms. The molecule has 0 radical (unpaired) electrons. The maximum atomic E-state index is 11.8. The van der Waals surface area contributed by atoms with Crippen LogP contribution >= 0.6 is 11.6 Å². The van der Waals surface area contributed by atoms with Crippen molar-refractivity contribution in [2.75, 3.05) is 12.5 Å². The summed E-state index contributed by atoms with van der Waals surface area (Å²) >= 11 is 5.46. The standard InChI is InChI=1S/C17H17ClO4/c1-17(20,16(19)21-12-11-18)13-7-9-15(10-8-13)22-14-5-3-2-4-6-14/h2-10,20H,11-12H2,1H3. The summed E-state index contributed by atoms with van der Waals surface area (Å²) in [6.07, 6.45) is 0. The molecule has 0 heterocycles. The number of carbonyl (C=O) groups excluding carboxylic acids is 1. The van der Waals surface area contributed by atoms with Crippen LogP contribution in [0.5, 0.6) is 11.5 Å². The van der Waals surface area contributed by atoms with Gasteiger partial charge in [0.15, 0.2) is 5.60 Å². The van der Waals surface area contributed by atoms with Gasteiger partial charge < -0.3 is 14.6 Å². The largest absolute Gasteiger partial charge is 0.462 e. The molecule has 1 N–H and O–H groups in total. The third-order valence-electron chi connectivity index (χ3n) is 3.10. The van der Waals surface area contributed by atoms with Crippen LogP contribution < -0.4 is 4.74 Å². The Labute approximate surface area is 134 Å². The van der Waals surface area contributed by atoms with Crippen molar-refractivity contribution in [3.8, 4) is 11.5 Å². The van der Waals surface area contributed by atoms with E-state index in [1.807, 2.05) is 30.3 Å². The molecule has 1 unspecified atom stereocenters. The Bertz CT molecular complexity index is 608. The molecule has 0 fully saturated rings. The van der Waals surface area contributed by atoms with Crippen LogP contribution in [0.3, 0.4) is 0 Å². The first-order valence-electron chi connectivity index (χ1n) is 6.83. The molecule has 1 atom stereocenters. The number of rotatable bonds is 6. The van der Waals surface area contributed by atoms with Crippen molar-refractivity contribution in [2.45, 2.75) is 12.5 Å². The van der Waals surface area contributed by atoms with Gasteiger partial charge in [0, 0.05) is 0 Å². The molecule has 0 saturated heterocycles. The number of halogens is 1. The molecular formula is C17H17ClO4. The van der Waals surface area contributed by atoms with Gasteiger partial charge in [-0.25, -0.2) is 4.79 Å². The number of carbonyl (C=O) groups is 1. The fourth-order valence-electron chi connectivity index (χ4n) is 1.86. The Morgan fingerprint density at radius 1 is 1.09 bits per heavy atom. The van der Waals surface area contributed by atoms with Gasteiger partial charge in [0.1, 0.15) is 18.1 Å². The first-order chi connectivity index (χ1) is 10.5. The van der Waals surface area contributed by atoms with E-state index in [0.29, 0.717) is 17.1 Å². The highest BCUT2D eigenvalue weighted by molar-refractivity contribution is 6.18. The Balaban J connectivity index is 2.09. The molecule has 0 aliphatic rings. The second kappa shape index (κ2) is 7.29. The normalized spacial score (nSPS) is 13.2. The third kappa shape index (κ3) is 4.00. The zero-order chi connectivity index (χ0) is 16.0. The molecule has 0 aliphatic carbocycles. The summed E-state index contributed by atoms with van der Waals surface area (Å²) in [5, 5.41) is 10.3. The van der Waals surface area contributed by atoms with Gasteiger partial charge in [-0.2, -0.15) is 0 Å². The summed E-state index contributed by atoms with van der Waals surface area (Å²) in [7, 11) is 0. The van der Waals surface area contributed by atoms with E-state index in [2.05, 4.69) is 0 Å². The van der Waals surface area contributed by atoms with E-state index in [-0.39, 0.29) is 12.5 Å². The van der Waals surface area contributed by atoms with Crippen molar-refractivity contribution in [2.24, 2.45) is 0 Å². The van der Waals surface area contributed by atoms with E-state index in [4.69, 9.17) is 21.1 Å². The number of benzene rings is 2. The summed E-state index contributed by atoms with van der Waals surface area (Å²) in [6.45, 7) is 1.45. The minimum absolute atomic E-state index is 0.0613. The average Bonchev–Trinajstić information content (AvgIpc) is 2.54. The molecule has 0 bridgehead atoms. The molecule has 116 valence electrons. The van der Waals surface area contributed by atoms with E-state index in [1.165, 1.54) is 6.92 Å². The van der Waals surface area contributed by atoms with Gasteiger partial charge in [-0.05, 0) is 36.8 Å². The number of aliphatic hydroxyl groups is 1. The van der Waals surface area contributed by atoms with Gasteiger partial charge in [0.05, 0.1) is 5.88 Å². The minimum atomic E-state index is -1.72. The molecule has 5 heteroatoms. The Morgan fingerprint density at radius 2 is 1.68 bits per heavy atom. The maximum Gasteiger partial charge on any atom is 0.342 e. The fraction of sp³-hybridized carbons (Fsp3) is 0.235. The van der Waals surface area contributed by atoms with Crippen molar-refractivity contribution in [3.05, 3.63) is 60.2 Å². The van der Waals surface area contributed by atoms with Crippen LogP contribution in [0.25, 0.3) is 0 Å². The van der Waals surface area contributed by atoms with Crippen LogP contribution in [0.15, 0.2) is 54.6 Å². The van der Waals surface area contributed by atoms with E-state index in [0.717, 1.165) is 0 Å². The number of esters is 1. The zero-order valence-electron chi connectivity index (χ0n) is 12.2. The van der Waals surface area contributed by atoms with Gasteiger partial charge in [-0.1, -0.05) is 30.3 Å². The van der Waals surface area contributed by atoms with Crippen LogP contribution in [-0.4, -0.2) is 23.6 Å². The van der Waals surface area contributed by atoms with Crippen molar-refractivity contribution >= 4 is 17.6 Å². The molecule has 4 nitrogen and oxygen atoms in total. The van der Waals surface area contributed by atoms with Crippen molar-refractivity contribution in [3.63, 3.8) is 0 Å². The predicted octanol–water partition coefficient (Wildman–Crippen LogP) is 3.47. The second-order valence-electron chi connectivity index (χ2n) is 4.84. The van der Waals surface area contributed by atoms with Crippen LogP contribution in [-0.2, 0) is 15.1 Å². The summed E-state index contributed by atoms with van der Waals surface area (Å²) in [5.74, 6) is 0.777. The molecular weight excluding hydrogens is 304 g/mol. The average molecular weight is 321 g/mol. The summed E-state index contributed by atoms with van der Waals surface area (Å²) in [6, 6.07) is 16.0. The third-order valence-corrected chi connectivity index (χ3v) is 3.26. The van der Waals surface area contributed by atoms with Crippen LogP contribution in [0.4, 0.5) is 0 Å². The molecule has 0 aromatic heterocycles. The lowest BCUT2D eigenvalue weighted by Crippen LogP contribution is -2.34. The molecule has 0 amide bonds. The Morgan fingerprint density at radius 3 is 2.27 bits per heavy atom. The SMILES string of the molecule is CC(O)(C(=O)OCCCl)c1ccc(Oc2ccccc2)cc1. The maximum absolute atomic E-state index is 11.8. The highest BCUT2D eigenvalue weighted by atomic mass is 35.5. The molecule has 2 aromatic rings. The number of ether oxygens (including phenoxy) is 2. The van der Waals surface area contributed by atoms with Gasteiger partial charge in [0.2, 0.25) is 0 Å². The van der Waals surface area contributed by atoms with E-state index in [1.54, 1.807) is 24.3 Å². The van der Waals surface area contributed by atoms with Crippen LogP contribution in [0.1, 0.15) is 12.5 Å². The predicted molar refractivity (Wildman–Crippen MR) is 84.2 cm³/mol. The highest BCUT2D eigenvalue weighted by Gasteiger charge is 2.34. The highest BCUT2D eigenvalue weighted by Crippen LogP contribution is 2.27. The lowest BCUT2D eigenvalue weighted by molar-refractivity contribution is -0.164. The quantitative estimate of drug-likeness (QED) is 0.654. The van der Waals surface area contributed by atoms with Gasteiger partial charge >= 0.3 is 5.97 Å². The second-order valence-corrected chi connectivity index (χ2v) is 5.21. The minimum Gasteiger partial charge on any atom is -0.462 e. The number of hydrogen-bond acceptors (Lipinski definition) is 4. The molecule has 0 spiro atoms. The fourth-order valence-corrected chi connectivity index (χ4v) is 1.94. The number of para-hydroxylation sites is 1. The van der Waals surface area contributed by atoms with E-state index < -0.39 is 11.6 Å². The van der Waals surface area contributed by atoms with Crippen LogP contribution in [0.2, 0.25) is 0 Å². The first-order valence-corrected chi connectivity index (χ1v) is 7.36. The van der Waals surface area contributed by atoms with Gasteiger partial charge in [0.25, 0.3) is 0 Å². The molecule has 2 rings (SSSR count). The summed E-state index contributed by atoms with van der Waals surface area (Å²) in [4.78, 5) is 11.8. The number of hydrogen-bond donors (Lipinski definition) is 1. The van der Waals surface area contributed by atoms with Crippen molar-refractivity contribution in [1.82, 2.24) is 0 Å². The smallest absolute Gasteiger partial charge is 0.342 e.